The van der Waals surface area contributed by atoms with Gasteiger partial charge in [-0.25, -0.2) is 0 Å². The standard InChI is InChI=1S/C16H16N2O3/c19-15(18-9-3-4-11(10-18)16(20)21)13-5-1-7-14-12(13)6-2-8-17-14/h1-2,5-8,11H,3-4,9-10H2,(H,20,21)/t11-/m1/s1. The van der Waals surface area contributed by atoms with E-state index in [0.717, 1.165) is 17.3 Å². The summed E-state index contributed by atoms with van der Waals surface area (Å²) in [7, 11) is 0. The van der Waals surface area contributed by atoms with E-state index in [1.54, 1.807) is 29.3 Å². The minimum absolute atomic E-state index is 0.112. The zero-order chi connectivity index (χ0) is 14.8. The molecule has 1 aliphatic heterocycles. The van der Waals surface area contributed by atoms with E-state index in [1.165, 1.54) is 0 Å². The lowest BCUT2D eigenvalue weighted by Gasteiger charge is -2.31. The monoisotopic (exact) mass is 284 g/mol. The van der Waals surface area contributed by atoms with E-state index >= 15 is 0 Å². The van der Waals surface area contributed by atoms with Crippen molar-refractivity contribution in [3.05, 3.63) is 42.1 Å². The average Bonchev–Trinajstić information content (AvgIpc) is 2.53. The van der Waals surface area contributed by atoms with Crippen LogP contribution >= 0.6 is 0 Å². The molecule has 108 valence electrons. The molecule has 5 heteroatoms. The largest absolute Gasteiger partial charge is 0.481 e. The van der Waals surface area contributed by atoms with Gasteiger partial charge in [0.15, 0.2) is 0 Å². The van der Waals surface area contributed by atoms with Crippen molar-refractivity contribution in [3.8, 4) is 0 Å². The highest BCUT2D eigenvalue weighted by Gasteiger charge is 2.29. The number of carboxylic acids is 1. The van der Waals surface area contributed by atoms with Crippen molar-refractivity contribution in [2.24, 2.45) is 5.92 Å². The topological polar surface area (TPSA) is 70.5 Å². The number of likely N-dealkylation sites (tertiary alicyclic amines) is 1. The quantitative estimate of drug-likeness (QED) is 0.917. The number of hydrogen-bond acceptors (Lipinski definition) is 3. The molecule has 0 spiro atoms. The number of amides is 1. The maximum absolute atomic E-state index is 12.7. The molecule has 1 aromatic carbocycles. The zero-order valence-electron chi connectivity index (χ0n) is 11.5. The summed E-state index contributed by atoms with van der Waals surface area (Å²) in [6.45, 7) is 0.893. The van der Waals surface area contributed by atoms with E-state index in [1.807, 2.05) is 12.1 Å². The number of piperidine rings is 1. The van der Waals surface area contributed by atoms with Crippen LogP contribution in [0.3, 0.4) is 0 Å². The van der Waals surface area contributed by atoms with Gasteiger partial charge in [-0.15, -0.1) is 0 Å². The second kappa shape index (κ2) is 5.52. The third-order valence-electron chi connectivity index (χ3n) is 3.93. The Kier molecular flexibility index (Phi) is 3.56. The van der Waals surface area contributed by atoms with Crippen molar-refractivity contribution < 1.29 is 14.7 Å². The fourth-order valence-electron chi connectivity index (χ4n) is 2.82. The predicted molar refractivity (Wildman–Crippen MR) is 78.0 cm³/mol. The lowest BCUT2D eigenvalue weighted by Crippen LogP contribution is -2.42. The molecule has 2 heterocycles. The Bertz CT molecular complexity index is 693. The van der Waals surface area contributed by atoms with E-state index < -0.39 is 11.9 Å². The maximum atomic E-state index is 12.7. The molecule has 5 nitrogen and oxygen atoms in total. The summed E-state index contributed by atoms with van der Waals surface area (Å²) < 4.78 is 0. The SMILES string of the molecule is O=C(O)[C@@H]1CCCN(C(=O)c2cccc3ncccc23)C1. The smallest absolute Gasteiger partial charge is 0.308 e. The third-order valence-corrected chi connectivity index (χ3v) is 3.93. The van der Waals surface area contributed by atoms with Crippen molar-refractivity contribution in [3.63, 3.8) is 0 Å². The van der Waals surface area contributed by atoms with Gasteiger partial charge in [-0.05, 0) is 31.0 Å². The molecule has 1 saturated heterocycles. The summed E-state index contributed by atoms with van der Waals surface area (Å²) in [6, 6.07) is 9.11. The van der Waals surface area contributed by atoms with Crippen LogP contribution in [0.1, 0.15) is 23.2 Å². The normalized spacial score (nSPS) is 18.7. The van der Waals surface area contributed by atoms with E-state index in [0.29, 0.717) is 18.5 Å². The van der Waals surface area contributed by atoms with E-state index in [2.05, 4.69) is 4.98 Å². The Morgan fingerprint density at radius 3 is 2.90 bits per heavy atom. The highest BCUT2D eigenvalue weighted by atomic mass is 16.4. The van der Waals surface area contributed by atoms with Crippen LogP contribution in [0.2, 0.25) is 0 Å². The molecule has 0 aliphatic carbocycles. The fourth-order valence-corrected chi connectivity index (χ4v) is 2.82. The van der Waals surface area contributed by atoms with Crippen LogP contribution in [0.15, 0.2) is 36.5 Å². The van der Waals surface area contributed by atoms with Crippen molar-refractivity contribution in [1.29, 1.82) is 0 Å². The van der Waals surface area contributed by atoms with Crippen LogP contribution in [0, 0.1) is 5.92 Å². The number of carbonyl (C=O) groups is 2. The van der Waals surface area contributed by atoms with Crippen LogP contribution < -0.4 is 0 Å². The summed E-state index contributed by atoms with van der Waals surface area (Å²) in [6.07, 6.45) is 3.06. The van der Waals surface area contributed by atoms with E-state index in [4.69, 9.17) is 5.11 Å². The van der Waals surface area contributed by atoms with Gasteiger partial charge in [-0.2, -0.15) is 0 Å². The summed E-state index contributed by atoms with van der Waals surface area (Å²) in [5, 5.41) is 9.94. The number of hydrogen-bond donors (Lipinski definition) is 1. The molecule has 1 fully saturated rings. The number of nitrogens with zero attached hydrogens (tertiary/aromatic N) is 2. The van der Waals surface area contributed by atoms with Crippen LogP contribution in [-0.4, -0.2) is 40.0 Å². The minimum Gasteiger partial charge on any atom is -0.481 e. The third kappa shape index (κ3) is 2.59. The Labute approximate surface area is 122 Å². The summed E-state index contributed by atoms with van der Waals surface area (Å²) in [4.78, 5) is 29.7. The van der Waals surface area contributed by atoms with Crippen LogP contribution in [0.5, 0.6) is 0 Å². The first-order valence-corrected chi connectivity index (χ1v) is 7.02. The van der Waals surface area contributed by atoms with Gasteiger partial charge < -0.3 is 10.0 Å². The molecule has 0 radical (unpaired) electrons. The number of rotatable bonds is 2. The maximum Gasteiger partial charge on any atom is 0.308 e. The number of pyridine rings is 1. The molecule has 1 atom stereocenters. The minimum atomic E-state index is -0.827. The molecule has 1 aliphatic rings. The van der Waals surface area contributed by atoms with E-state index in [-0.39, 0.29) is 12.5 Å². The highest BCUT2D eigenvalue weighted by Crippen LogP contribution is 2.22. The molecule has 1 N–H and O–H groups in total. The van der Waals surface area contributed by atoms with Crippen molar-refractivity contribution in [2.75, 3.05) is 13.1 Å². The Hall–Kier alpha value is -2.43. The van der Waals surface area contributed by atoms with Gasteiger partial charge in [0.05, 0.1) is 11.4 Å². The molecule has 3 rings (SSSR count). The van der Waals surface area contributed by atoms with Crippen LogP contribution in [-0.2, 0) is 4.79 Å². The van der Waals surface area contributed by atoms with Crippen molar-refractivity contribution >= 4 is 22.8 Å². The number of carbonyl (C=O) groups excluding carboxylic acids is 1. The molecule has 0 unspecified atom stereocenters. The van der Waals surface area contributed by atoms with E-state index in [9.17, 15) is 9.59 Å². The second-order valence-corrected chi connectivity index (χ2v) is 5.30. The fraction of sp³-hybridized carbons (Fsp3) is 0.312. The molecular formula is C16H16N2O3. The first-order chi connectivity index (χ1) is 10.2. The molecule has 0 saturated carbocycles. The molecular weight excluding hydrogens is 268 g/mol. The number of fused-ring (bicyclic) bond motifs is 1. The average molecular weight is 284 g/mol. The lowest BCUT2D eigenvalue weighted by atomic mass is 9.97. The lowest BCUT2D eigenvalue weighted by molar-refractivity contribution is -0.143. The van der Waals surface area contributed by atoms with Crippen LogP contribution in [0.4, 0.5) is 0 Å². The molecule has 1 amide bonds. The van der Waals surface area contributed by atoms with Crippen molar-refractivity contribution in [2.45, 2.75) is 12.8 Å². The molecule has 0 bridgehead atoms. The summed E-state index contributed by atoms with van der Waals surface area (Å²) in [5.74, 6) is -1.40. The Morgan fingerprint density at radius 1 is 1.24 bits per heavy atom. The Morgan fingerprint density at radius 2 is 2.10 bits per heavy atom. The van der Waals surface area contributed by atoms with Crippen molar-refractivity contribution in [1.82, 2.24) is 9.88 Å². The number of aromatic nitrogens is 1. The van der Waals surface area contributed by atoms with Gasteiger partial charge in [0.2, 0.25) is 0 Å². The number of aliphatic carboxylic acids is 1. The first kappa shape index (κ1) is 13.5. The highest BCUT2D eigenvalue weighted by molar-refractivity contribution is 6.06. The summed E-state index contributed by atoms with van der Waals surface area (Å²) >= 11 is 0. The number of carboxylic acid groups (broad SMARTS) is 1. The van der Waals surface area contributed by atoms with Gasteiger partial charge in [0, 0.05) is 30.2 Å². The summed E-state index contributed by atoms with van der Waals surface area (Å²) in [5.41, 5.74) is 1.36. The number of benzene rings is 1. The molecule has 2 aromatic rings. The molecule has 21 heavy (non-hydrogen) atoms. The predicted octanol–water partition coefficient (Wildman–Crippen LogP) is 2.17. The molecule has 1 aromatic heterocycles. The zero-order valence-corrected chi connectivity index (χ0v) is 11.5. The second-order valence-electron chi connectivity index (χ2n) is 5.30. The van der Waals surface area contributed by atoms with Gasteiger partial charge in [-0.3, -0.25) is 14.6 Å². The first-order valence-electron chi connectivity index (χ1n) is 7.02. The Balaban J connectivity index is 1.92. The van der Waals surface area contributed by atoms with Gasteiger partial charge in [0.25, 0.3) is 5.91 Å². The van der Waals surface area contributed by atoms with Gasteiger partial charge in [0.1, 0.15) is 0 Å². The van der Waals surface area contributed by atoms with Gasteiger partial charge in [-0.1, -0.05) is 12.1 Å². The van der Waals surface area contributed by atoms with Crippen LogP contribution in [0.25, 0.3) is 10.9 Å². The van der Waals surface area contributed by atoms with Gasteiger partial charge >= 0.3 is 5.97 Å².